The maximum atomic E-state index is 12.3. The number of carbonyl (C=O) groups excluding carboxylic acids is 1. The van der Waals surface area contributed by atoms with Crippen LogP contribution < -0.4 is 0 Å². The Hall–Kier alpha value is -1.55. The van der Waals surface area contributed by atoms with Gasteiger partial charge in [0.15, 0.2) is 0 Å². The molecular formula is C6F12N2O2S. The number of rotatable bonds is 1. The Labute approximate surface area is 117 Å². The van der Waals surface area contributed by atoms with Gasteiger partial charge in [0.25, 0.3) is 9.92 Å². The number of alkyl halides is 12. The standard InChI is InChI=1S/C6F12N2O2S/c7-3(8,9)1(4(10,11)12)19-23(22,6(16,17)18)20-2(21)5(13,14)15. The number of carbonyl (C=O) groups is 1. The predicted octanol–water partition coefficient (Wildman–Crippen LogP) is 3.54. The third-order valence-electron chi connectivity index (χ3n) is 1.50. The molecule has 0 aliphatic rings. The number of halogens is 12. The first kappa shape index (κ1) is 21.4. The van der Waals surface area contributed by atoms with E-state index < -0.39 is 45.6 Å². The normalized spacial score (nSPS) is 16.5. The van der Waals surface area contributed by atoms with Gasteiger partial charge in [-0.25, -0.2) is 4.21 Å². The van der Waals surface area contributed by atoms with Crippen molar-refractivity contribution in [3.63, 3.8) is 0 Å². The molecule has 0 spiro atoms. The summed E-state index contributed by atoms with van der Waals surface area (Å²) in [7, 11) is -7.25. The van der Waals surface area contributed by atoms with Crippen LogP contribution in [0.4, 0.5) is 52.7 Å². The van der Waals surface area contributed by atoms with Gasteiger partial charge >= 0.3 is 29.9 Å². The minimum Gasteiger partial charge on any atom is -0.261 e. The topological polar surface area (TPSA) is 58.9 Å². The largest absolute Gasteiger partial charge is 0.500 e. The third kappa shape index (κ3) is 5.54. The van der Waals surface area contributed by atoms with Crippen molar-refractivity contribution in [1.29, 1.82) is 0 Å². The minimum atomic E-state index is -7.25. The maximum Gasteiger partial charge on any atom is 0.500 e. The zero-order valence-electron chi connectivity index (χ0n) is 9.65. The molecule has 0 aliphatic carbocycles. The van der Waals surface area contributed by atoms with Crippen molar-refractivity contribution in [2.24, 2.45) is 8.76 Å². The first-order chi connectivity index (χ1) is 9.72. The van der Waals surface area contributed by atoms with Crippen molar-refractivity contribution in [3.8, 4) is 0 Å². The Bertz CT molecular complexity index is 595. The van der Waals surface area contributed by atoms with E-state index in [2.05, 4.69) is 0 Å². The van der Waals surface area contributed by atoms with Crippen molar-refractivity contribution in [2.75, 3.05) is 0 Å². The van der Waals surface area contributed by atoms with Crippen LogP contribution in [0.3, 0.4) is 0 Å². The fourth-order valence-corrected chi connectivity index (χ4v) is 1.71. The van der Waals surface area contributed by atoms with Crippen LogP contribution in [-0.4, -0.2) is 39.9 Å². The molecule has 0 aromatic rings. The predicted molar refractivity (Wildman–Crippen MR) is 47.2 cm³/mol. The minimum absolute atomic E-state index is 0.757. The van der Waals surface area contributed by atoms with E-state index in [0.29, 0.717) is 0 Å². The van der Waals surface area contributed by atoms with Gasteiger partial charge in [-0.05, 0) is 0 Å². The monoisotopic (exact) mass is 392 g/mol. The van der Waals surface area contributed by atoms with Crippen LogP contribution >= 0.6 is 0 Å². The molecule has 1 unspecified atom stereocenters. The van der Waals surface area contributed by atoms with Gasteiger partial charge in [-0.1, -0.05) is 0 Å². The van der Waals surface area contributed by atoms with Crippen molar-refractivity contribution in [3.05, 3.63) is 0 Å². The fraction of sp³-hybridized carbons (Fsp3) is 0.667. The quantitative estimate of drug-likeness (QED) is 0.506. The second-order valence-corrected chi connectivity index (χ2v) is 5.09. The molecule has 0 saturated heterocycles. The van der Waals surface area contributed by atoms with Gasteiger partial charge in [-0.3, -0.25) is 4.79 Å². The number of amides is 1. The summed E-state index contributed by atoms with van der Waals surface area (Å²) in [6.45, 7) is 0. The summed E-state index contributed by atoms with van der Waals surface area (Å²) in [5, 5.41) is 0. The summed E-state index contributed by atoms with van der Waals surface area (Å²) in [6, 6.07) is 0. The first-order valence-corrected chi connectivity index (χ1v) is 5.88. The lowest BCUT2D eigenvalue weighted by atomic mass is 10.4. The third-order valence-corrected chi connectivity index (χ3v) is 2.95. The van der Waals surface area contributed by atoms with Gasteiger partial charge < -0.3 is 0 Å². The Morgan fingerprint density at radius 3 is 1.26 bits per heavy atom. The molecule has 0 saturated carbocycles. The molecule has 0 aromatic heterocycles. The highest BCUT2D eigenvalue weighted by Crippen LogP contribution is 2.35. The van der Waals surface area contributed by atoms with Gasteiger partial charge in [0.1, 0.15) is 0 Å². The molecular weight excluding hydrogens is 392 g/mol. The van der Waals surface area contributed by atoms with Crippen LogP contribution in [-0.2, 0) is 14.7 Å². The maximum absolute atomic E-state index is 12.3. The van der Waals surface area contributed by atoms with Crippen molar-refractivity contribution in [2.45, 2.75) is 24.0 Å². The summed E-state index contributed by atoms with van der Waals surface area (Å²) in [6.07, 6.45) is -19.6. The molecule has 23 heavy (non-hydrogen) atoms. The van der Waals surface area contributed by atoms with Crippen LogP contribution in [0, 0.1) is 0 Å². The van der Waals surface area contributed by atoms with Gasteiger partial charge in [0.05, 0.1) is 0 Å². The Kier molecular flexibility index (Phi) is 5.43. The van der Waals surface area contributed by atoms with Crippen molar-refractivity contribution >= 4 is 21.5 Å². The van der Waals surface area contributed by atoms with Crippen molar-refractivity contribution < 1.29 is 61.7 Å². The highest BCUT2D eigenvalue weighted by molar-refractivity contribution is 7.93. The molecule has 0 bridgehead atoms. The van der Waals surface area contributed by atoms with Crippen LogP contribution in [0.5, 0.6) is 0 Å². The lowest BCUT2D eigenvalue weighted by Crippen LogP contribution is -2.39. The Balaban J connectivity index is 6.68. The summed E-state index contributed by atoms with van der Waals surface area (Å²) in [5.74, 6) is -3.83. The summed E-state index contributed by atoms with van der Waals surface area (Å²) >= 11 is 0. The van der Waals surface area contributed by atoms with Crippen molar-refractivity contribution in [1.82, 2.24) is 0 Å². The fourth-order valence-electron chi connectivity index (χ4n) is 0.676. The summed E-state index contributed by atoms with van der Waals surface area (Å²) < 4.78 is 157. The van der Waals surface area contributed by atoms with Gasteiger partial charge in [-0.15, -0.1) is 4.36 Å². The van der Waals surface area contributed by atoms with E-state index in [1.165, 1.54) is 0 Å². The molecule has 1 atom stereocenters. The lowest BCUT2D eigenvalue weighted by Gasteiger charge is -2.16. The van der Waals surface area contributed by atoms with Crippen LogP contribution in [0.2, 0.25) is 0 Å². The molecule has 0 radical (unpaired) electrons. The lowest BCUT2D eigenvalue weighted by molar-refractivity contribution is -0.169. The van der Waals surface area contributed by atoms with Crippen LogP contribution in [0.15, 0.2) is 8.76 Å². The van der Waals surface area contributed by atoms with E-state index in [0.717, 1.165) is 8.76 Å². The molecule has 0 heterocycles. The van der Waals surface area contributed by atoms with E-state index in [1.54, 1.807) is 0 Å². The highest BCUT2D eigenvalue weighted by Gasteiger charge is 2.57. The van der Waals surface area contributed by atoms with E-state index in [9.17, 15) is 61.7 Å². The zero-order chi connectivity index (χ0) is 19.1. The smallest absolute Gasteiger partial charge is 0.261 e. The summed E-state index contributed by atoms with van der Waals surface area (Å²) in [5.41, 5.74) is -11.0. The Morgan fingerprint density at radius 2 is 1.04 bits per heavy atom. The Morgan fingerprint density at radius 1 is 0.696 bits per heavy atom. The molecule has 17 heteroatoms. The van der Waals surface area contributed by atoms with Gasteiger partial charge in [0, 0.05) is 0 Å². The molecule has 0 fully saturated rings. The highest BCUT2D eigenvalue weighted by atomic mass is 32.2. The summed E-state index contributed by atoms with van der Waals surface area (Å²) in [4.78, 5) is 10.2. The van der Waals surface area contributed by atoms with E-state index >= 15 is 0 Å². The molecule has 4 nitrogen and oxygen atoms in total. The second-order valence-electron chi connectivity index (χ2n) is 3.27. The van der Waals surface area contributed by atoms with Crippen LogP contribution in [0.1, 0.15) is 0 Å². The van der Waals surface area contributed by atoms with Crippen LogP contribution in [0.25, 0.3) is 0 Å². The second kappa shape index (κ2) is 5.82. The molecule has 0 rings (SSSR count). The van der Waals surface area contributed by atoms with E-state index in [1.807, 2.05) is 0 Å². The molecule has 0 aromatic carbocycles. The molecule has 1 amide bonds. The SMILES string of the molecule is O=C(N=S(=O)(N=C(C(F)(F)F)C(F)(F)F)C(F)(F)F)C(F)(F)F. The van der Waals surface area contributed by atoms with E-state index in [-0.39, 0.29) is 0 Å². The zero-order valence-corrected chi connectivity index (χ0v) is 10.5. The first-order valence-electron chi connectivity index (χ1n) is 4.41. The average molecular weight is 392 g/mol. The molecule has 0 N–H and O–H groups in total. The molecule has 0 aliphatic heterocycles. The number of hydrogen-bond acceptors (Lipinski definition) is 2. The van der Waals surface area contributed by atoms with Gasteiger partial charge in [0.2, 0.25) is 5.71 Å². The van der Waals surface area contributed by atoms with E-state index in [4.69, 9.17) is 0 Å². The average Bonchev–Trinajstić information content (AvgIpc) is 2.19. The number of hydrogen-bond donors (Lipinski definition) is 0. The van der Waals surface area contributed by atoms with Gasteiger partial charge in [-0.2, -0.15) is 57.1 Å². The number of nitrogens with zero attached hydrogens (tertiary/aromatic N) is 2. The molecule has 136 valence electrons.